The minimum atomic E-state index is 0.152. The summed E-state index contributed by atoms with van der Waals surface area (Å²) in [7, 11) is 0. The first kappa shape index (κ1) is 21.4. The lowest BCUT2D eigenvalue weighted by molar-refractivity contribution is 0.0852. The largest absolute Gasteiger partial charge is 0.488 e. The van der Waals surface area contributed by atoms with Gasteiger partial charge in [0.25, 0.3) is 0 Å². The van der Waals surface area contributed by atoms with E-state index in [1.165, 1.54) is 11.9 Å². The van der Waals surface area contributed by atoms with E-state index in [0.717, 1.165) is 53.0 Å². The van der Waals surface area contributed by atoms with Gasteiger partial charge in [-0.15, -0.1) is 6.42 Å². The average molecular weight is 434 g/mol. The number of rotatable bonds is 6. The highest BCUT2D eigenvalue weighted by Crippen LogP contribution is 2.30. The quantitative estimate of drug-likeness (QED) is 0.435. The first-order valence-electron chi connectivity index (χ1n) is 10.5. The summed E-state index contributed by atoms with van der Waals surface area (Å²) in [5.41, 5.74) is 2.42. The number of benzene rings is 2. The van der Waals surface area contributed by atoms with Gasteiger partial charge in [0, 0.05) is 46.9 Å². The van der Waals surface area contributed by atoms with Crippen molar-refractivity contribution in [3.05, 3.63) is 48.2 Å². The van der Waals surface area contributed by atoms with Crippen molar-refractivity contribution in [2.75, 3.05) is 18.4 Å². The Morgan fingerprint density at radius 3 is 2.61 bits per heavy atom. The second kappa shape index (κ2) is 9.56. The lowest BCUT2D eigenvalue weighted by Gasteiger charge is -2.34. The zero-order valence-electron chi connectivity index (χ0n) is 17.8. The number of fused-ring (bicyclic) bond motifs is 1. The smallest absolute Gasteiger partial charge is 0.227 e. The van der Waals surface area contributed by atoms with Gasteiger partial charge in [-0.05, 0) is 75.0 Å². The van der Waals surface area contributed by atoms with Gasteiger partial charge in [0.05, 0.1) is 0 Å². The normalized spacial score (nSPS) is 15.2. The van der Waals surface area contributed by atoms with Gasteiger partial charge in [0.1, 0.15) is 17.4 Å². The van der Waals surface area contributed by atoms with E-state index in [9.17, 15) is 0 Å². The fraction of sp³-hybridized carbons (Fsp3) is 0.333. The molecule has 1 fully saturated rings. The second-order valence-electron chi connectivity index (χ2n) is 7.96. The molecule has 160 valence electrons. The van der Waals surface area contributed by atoms with Gasteiger partial charge in [-0.3, -0.25) is 5.14 Å². The molecule has 0 spiro atoms. The van der Waals surface area contributed by atoms with E-state index < -0.39 is 0 Å². The van der Waals surface area contributed by atoms with Crippen molar-refractivity contribution in [1.82, 2.24) is 14.9 Å². The third kappa shape index (κ3) is 5.10. The minimum Gasteiger partial charge on any atom is -0.488 e. The van der Waals surface area contributed by atoms with Crippen LogP contribution in [0.3, 0.4) is 0 Å². The van der Waals surface area contributed by atoms with Gasteiger partial charge in [-0.2, -0.15) is 0 Å². The van der Waals surface area contributed by atoms with Gasteiger partial charge in [0.15, 0.2) is 0 Å². The summed E-state index contributed by atoms with van der Waals surface area (Å²) < 4.78 is 6.42. The van der Waals surface area contributed by atoms with Crippen molar-refractivity contribution in [1.29, 1.82) is 0 Å². The molecule has 2 heterocycles. The lowest BCUT2D eigenvalue weighted by atomic mass is 10.1. The number of nitrogens with two attached hydrogens (primary N) is 1. The molecule has 1 aliphatic rings. The molecule has 0 aliphatic carbocycles. The summed E-state index contributed by atoms with van der Waals surface area (Å²) in [6.07, 6.45) is 9.58. The van der Waals surface area contributed by atoms with Gasteiger partial charge < -0.3 is 15.0 Å². The molecule has 3 N–H and O–H groups in total. The highest BCUT2D eigenvalue weighted by molar-refractivity contribution is 7.97. The Bertz CT molecular complexity index is 1090. The molecular weight excluding hydrogens is 406 g/mol. The highest BCUT2D eigenvalue weighted by Gasteiger charge is 2.23. The van der Waals surface area contributed by atoms with Crippen LogP contribution in [0.15, 0.2) is 47.5 Å². The van der Waals surface area contributed by atoms with E-state index in [-0.39, 0.29) is 6.10 Å². The number of terminal acetylenes is 1. The molecule has 3 aromatic rings. The number of anilines is 2. The number of nitrogens with one attached hydrogen (secondary N) is 1. The molecule has 1 aliphatic heterocycles. The molecular formula is C24H27N5OS. The standard InChI is InChI=1S/C24H27N5OS/c1-4-17-13-18-15-26-24(27-19-5-7-21(31-25)8-6-19)28-23(18)22(14-17)30-20-9-11-29(12-10-20)16(2)3/h1,5-8,13-16,20H,9-12,25H2,2-3H3,(H,26,27,28). The van der Waals surface area contributed by atoms with E-state index in [1.54, 1.807) is 6.20 Å². The van der Waals surface area contributed by atoms with Crippen molar-refractivity contribution in [3.63, 3.8) is 0 Å². The summed E-state index contributed by atoms with van der Waals surface area (Å²) in [5.74, 6) is 3.94. The number of ether oxygens (including phenoxy) is 1. The van der Waals surface area contributed by atoms with Crippen molar-refractivity contribution in [3.8, 4) is 18.1 Å². The second-order valence-corrected chi connectivity index (χ2v) is 8.67. The van der Waals surface area contributed by atoms with Crippen LogP contribution in [0.2, 0.25) is 0 Å². The Balaban J connectivity index is 1.59. The number of piperidine rings is 1. The van der Waals surface area contributed by atoms with E-state index >= 15 is 0 Å². The number of hydrogen-bond donors (Lipinski definition) is 2. The first-order chi connectivity index (χ1) is 15.1. The van der Waals surface area contributed by atoms with Crippen molar-refractivity contribution < 1.29 is 4.74 Å². The zero-order valence-corrected chi connectivity index (χ0v) is 18.7. The van der Waals surface area contributed by atoms with E-state index in [4.69, 9.17) is 21.3 Å². The molecule has 0 amide bonds. The number of hydrogen-bond acceptors (Lipinski definition) is 7. The molecule has 0 unspecified atom stereocenters. The summed E-state index contributed by atoms with van der Waals surface area (Å²) in [5, 5.41) is 9.71. The molecule has 7 heteroatoms. The molecule has 1 saturated heterocycles. The third-order valence-corrected chi connectivity index (χ3v) is 6.11. The van der Waals surface area contributed by atoms with Crippen LogP contribution in [0.25, 0.3) is 10.9 Å². The van der Waals surface area contributed by atoms with Crippen LogP contribution in [-0.2, 0) is 0 Å². The Morgan fingerprint density at radius 2 is 1.97 bits per heavy atom. The molecule has 1 aromatic heterocycles. The topological polar surface area (TPSA) is 76.3 Å². The zero-order chi connectivity index (χ0) is 21.8. The maximum absolute atomic E-state index is 6.42. The lowest BCUT2D eigenvalue weighted by Crippen LogP contribution is -2.41. The predicted octanol–water partition coefficient (Wildman–Crippen LogP) is 4.57. The first-order valence-corrected chi connectivity index (χ1v) is 11.4. The molecule has 0 saturated carbocycles. The van der Waals surface area contributed by atoms with Crippen LogP contribution < -0.4 is 15.2 Å². The van der Waals surface area contributed by atoms with E-state index in [2.05, 4.69) is 35.0 Å². The van der Waals surface area contributed by atoms with E-state index in [1.807, 2.05) is 36.4 Å². The van der Waals surface area contributed by atoms with Gasteiger partial charge in [-0.25, -0.2) is 9.97 Å². The SMILES string of the molecule is C#Cc1cc(OC2CCN(C(C)C)CC2)c2nc(Nc3ccc(SN)cc3)ncc2c1. The summed E-state index contributed by atoms with van der Waals surface area (Å²) in [6, 6.07) is 12.2. The molecule has 6 nitrogen and oxygen atoms in total. The van der Waals surface area contributed by atoms with Gasteiger partial charge >= 0.3 is 0 Å². The Labute approximate surface area is 187 Å². The molecule has 4 rings (SSSR count). The number of nitrogens with zero attached hydrogens (tertiary/aromatic N) is 3. The van der Waals surface area contributed by atoms with Crippen LogP contribution in [0.1, 0.15) is 32.3 Å². The molecule has 0 atom stereocenters. The van der Waals surface area contributed by atoms with Crippen LogP contribution in [-0.4, -0.2) is 40.1 Å². The fourth-order valence-corrected chi connectivity index (χ4v) is 4.08. The molecule has 0 bridgehead atoms. The average Bonchev–Trinajstić information content (AvgIpc) is 2.80. The van der Waals surface area contributed by atoms with Crippen molar-refractivity contribution in [2.45, 2.75) is 43.7 Å². The molecule has 31 heavy (non-hydrogen) atoms. The Morgan fingerprint density at radius 1 is 1.23 bits per heavy atom. The number of likely N-dealkylation sites (tertiary alicyclic amines) is 1. The predicted molar refractivity (Wildman–Crippen MR) is 128 cm³/mol. The van der Waals surface area contributed by atoms with Crippen LogP contribution >= 0.6 is 11.9 Å². The highest BCUT2D eigenvalue weighted by atomic mass is 32.2. The number of aromatic nitrogens is 2. The Kier molecular flexibility index (Phi) is 6.62. The maximum atomic E-state index is 6.42. The summed E-state index contributed by atoms with van der Waals surface area (Å²) in [4.78, 5) is 12.7. The van der Waals surface area contributed by atoms with Crippen LogP contribution in [0.5, 0.6) is 5.75 Å². The van der Waals surface area contributed by atoms with Gasteiger partial charge in [-0.1, -0.05) is 5.92 Å². The van der Waals surface area contributed by atoms with E-state index in [0.29, 0.717) is 17.7 Å². The van der Waals surface area contributed by atoms with Gasteiger partial charge in [0.2, 0.25) is 5.95 Å². The minimum absolute atomic E-state index is 0.152. The monoisotopic (exact) mass is 433 g/mol. The van der Waals surface area contributed by atoms with Crippen molar-refractivity contribution in [2.24, 2.45) is 5.14 Å². The maximum Gasteiger partial charge on any atom is 0.227 e. The molecule has 2 aromatic carbocycles. The fourth-order valence-electron chi connectivity index (χ4n) is 3.78. The summed E-state index contributed by atoms with van der Waals surface area (Å²) in [6.45, 7) is 6.54. The Hall–Kier alpha value is -2.79. The van der Waals surface area contributed by atoms with Crippen LogP contribution in [0.4, 0.5) is 11.6 Å². The molecule has 0 radical (unpaired) electrons. The van der Waals surface area contributed by atoms with Crippen LogP contribution in [0, 0.1) is 12.3 Å². The third-order valence-electron chi connectivity index (χ3n) is 5.56. The summed E-state index contributed by atoms with van der Waals surface area (Å²) >= 11 is 1.21. The van der Waals surface area contributed by atoms with Crippen molar-refractivity contribution >= 4 is 34.5 Å².